The third-order valence-corrected chi connectivity index (χ3v) is 5.56. The normalized spacial score (nSPS) is 21.5. The first kappa shape index (κ1) is 21.4. The van der Waals surface area contributed by atoms with Gasteiger partial charge in [0.2, 0.25) is 0 Å². The van der Waals surface area contributed by atoms with Crippen LogP contribution >= 0.6 is 0 Å². The number of alkyl halides is 2. The Morgan fingerprint density at radius 1 is 1.18 bits per heavy atom. The molecule has 33 heavy (non-hydrogen) atoms. The van der Waals surface area contributed by atoms with Crippen LogP contribution in [0.2, 0.25) is 0 Å². The summed E-state index contributed by atoms with van der Waals surface area (Å²) in [5.74, 6) is -1.92. The van der Waals surface area contributed by atoms with Crippen LogP contribution in [0.5, 0.6) is 11.5 Å². The monoisotopic (exact) mass is 461 g/mol. The van der Waals surface area contributed by atoms with Gasteiger partial charge in [-0.2, -0.15) is 0 Å². The number of aromatic nitrogens is 2. The van der Waals surface area contributed by atoms with Gasteiger partial charge in [0, 0.05) is 43.6 Å². The fraction of sp³-hybridized carbons (Fsp3) is 0.364. The molecule has 5 rings (SSSR count). The second kappa shape index (κ2) is 7.55. The summed E-state index contributed by atoms with van der Waals surface area (Å²) < 4.78 is 53.5. The molecular weight excluding hydrogens is 439 g/mol. The highest BCUT2D eigenvalue weighted by Crippen LogP contribution is 2.49. The van der Waals surface area contributed by atoms with Crippen LogP contribution < -0.4 is 25.0 Å². The minimum atomic E-state index is -3.90. The van der Waals surface area contributed by atoms with Crippen LogP contribution in [0.15, 0.2) is 30.6 Å². The van der Waals surface area contributed by atoms with Crippen LogP contribution in [0.1, 0.15) is 29.9 Å². The third kappa shape index (κ3) is 3.92. The third-order valence-electron chi connectivity index (χ3n) is 5.56. The van der Waals surface area contributed by atoms with Gasteiger partial charge in [-0.25, -0.2) is 9.37 Å². The van der Waals surface area contributed by atoms with Crippen LogP contribution in [0.25, 0.3) is 5.65 Å². The van der Waals surface area contributed by atoms with Gasteiger partial charge in [-0.15, -0.1) is 8.78 Å². The SMILES string of the molecule is Cc1cn2cc(NC(=O)c3ccc(N4C[C@@H](C)N[C@@H](C)C4)c4c3OC(F)(F)O4)cc(F)c2n1. The van der Waals surface area contributed by atoms with E-state index in [1.165, 1.54) is 16.7 Å². The average Bonchev–Trinajstić information content (AvgIpc) is 3.24. The molecule has 4 heterocycles. The number of nitrogens with zero attached hydrogens (tertiary/aromatic N) is 3. The van der Waals surface area contributed by atoms with Crippen molar-refractivity contribution in [1.29, 1.82) is 0 Å². The lowest BCUT2D eigenvalue weighted by Crippen LogP contribution is -2.54. The fourth-order valence-corrected chi connectivity index (χ4v) is 4.41. The van der Waals surface area contributed by atoms with E-state index in [0.29, 0.717) is 24.5 Å². The number of amides is 1. The number of rotatable bonds is 3. The lowest BCUT2D eigenvalue weighted by Gasteiger charge is -2.38. The Hall–Kier alpha value is -3.47. The Morgan fingerprint density at radius 2 is 1.88 bits per heavy atom. The summed E-state index contributed by atoms with van der Waals surface area (Å²) in [4.78, 5) is 19.0. The van der Waals surface area contributed by atoms with E-state index in [9.17, 15) is 18.0 Å². The molecule has 1 saturated heterocycles. The van der Waals surface area contributed by atoms with Crippen molar-refractivity contribution in [3.63, 3.8) is 0 Å². The van der Waals surface area contributed by atoms with Crippen molar-refractivity contribution in [2.75, 3.05) is 23.3 Å². The van der Waals surface area contributed by atoms with Crippen molar-refractivity contribution in [3.05, 3.63) is 47.7 Å². The minimum Gasteiger partial charge on any atom is -0.394 e. The first-order chi connectivity index (χ1) is 15.6. The molecule has 0 spiro atoms. The van der Waals surface area contributed by atoms with Crippen LogP contribution in [-0.4, -0.2) is 46.8 Å². The molecule has 2 N–H and O–H groups in total. The van der Waals surface area contributed by atoms with E-state index >= 15 is 0 Å². The Bertz CT molecular complexity index is 1250. The van der Waals surface area contributed by atoms with Crippen LogP contribution in [-0.2, 0) is 0 Å². The summed E-state index contributed by atoms with van der Waals surface area (Å²) in [5, 5.41) is 5.91. The van der Waals surface area contributed by atoms with E-state index < -0.39 is 18.0 Å². The fourth-order valence-electron chi connectivity index (χ4n) is 4.41. The van der Waals surface area contributed by atoms with E-state index in [0.717, 1.165) is 6.07 Å². The number of anilines is 2. The molecule has 1 amide bonds. The molecule has 0 saturated carbocycles. The van der Waals surface area contributed by atoms with Gasteiger partial charge in [0.15, 0.2) is 23.0 Å². The smallest absolute Gasteiger partial charge is 0.394 e. The van der Waals surface area contributed by atoms with Crippen LogP contribution in [0, 0.1) is 12.7 Å². The highest BCUT2D eigenvalue weighted by Gasteiger charge is 2.47. The highest BCUT2D eigenvalue weighted by atomic mass is 19.3. The number of carbonyl (C=O) groups excluding carboxylic acids is 1. The number of halogens is 3. The number of fused-ring (bicyclic) bond motifs is 2. The van der Waals surface area contributed by atoms with Gasteiger partial charge in [-0.3, -0.25) is 4.79 Å². The number of ether oxygens (including phenoxy) is 2. The zero-order chi connectivity index (χ0) is 23.5. The van der Waals surface area contributed by atoms with Crippen molar-refractivity contribution in [1.82, 2.24) is 14.7 Å². The van der Waals surface area contributed by atoms with E-state index in [-0.39, 0.29) is 40.5 Å². The van der Waals surface area contributed by atoms with Crippen molar-refractivity contribution in [2.24, 2.45) is 0 Å². The summed E-state index contributed by atoms with van der Waals surface area (Å²) in [6, 6.07) is 4.34. The molecule has 0 aliphatic carbocycles. The topological polar surface area (TPSA) is 80.1 Å². The molecule has 3 aromatic rings. The first-order valence-corrected chi connectivity index (χ1v) is 10.5. The Morgan fingerprint density at radius 3 is 2.61 bits per heavy atom. The maximum Gasteiger partial charge on any atom is 0.586 e. The first-order valence-electron chi connectivity index (χ1n) is 10.5. The lowest BCUT2D eigenvalue weighted by molar-refractivity contribution is -0.286. The maximum absolute atomic E-state index is 14.4. The Kier molecular flexibility index (Phi) is 4.89. The molecule has 0 bridgehead atoms. The quantitative estimate of drug-likeness (QED) is 0.621. The van der Waals surface area contributed by atoms with E-state index in [1.54, 1.807) is 19.2 Å². The van der Waals surface area contributed by atoms with Gasteiger partial charge in [0.05, 0.1) is 22.6 Å². The minimum absolute atomic E-state index is 0.117. The zero-order valence-electron chi connectivity index (χ0n) is 18.2. The van der Waals surface area contributed by atoms with Gasteiger partial charge in [-0.1, -0.05) is 0 Å². The van der Waals surface area contributed by atoms with E-state index in [4.69, 9.17) is 9.47 Å². The Balaban J connectivity index is 1.49. The standard InChI is InChI=1S/C22H22F3N5O3/c1-11-7-29(8-12(2)26-11)17-5-4-15(18-19(17)33-22(24,25)32-18)21(31)28-14-6-16(23)20-27-13(3)9-30(20)10-14/h4-6,9-12,26H,7-8H2,1-3H3,(H,28,31)/t11-,12+. The van der Waals surface area contributed by atoms with Gasteiger partial charge in [-0.05, 0) is 32.9 Å². The lowest BCUT2D eigenvalue weighted by atomic mass is 10.1. The number of carbonyl (C=O) groups is 1. The predicted octanol–water partition coefficient (Wildman–Crippen LogP) is 3.54. The number of benzene rings is 1. The molecule has 2 atom stereocenters. The van der Waals surface area contributed by atoms with Gasteiger partial charge < -0.3 is 29.4 Å². The Labute approximate surface area is 187 Å². The largest absolute Gasteiger partial charge is 0.586 e. The second-order valence-corrected chi connectivity index (χ2v) is 8.48. The maximum atomic E-state index is 14.4. The summed E-state index contributed by atoms with van der Waals surface area (Å²) in [5.41, 5.74) is 1.13. The van der Waals surface area contributed by atoms with E-state index in [1.807, 2.05) is 18.7 Å². The van der Waals surface area contributed by atoms with Crippen molar-refractivity contribution < 1.29 is 27.4 Å². The number of pyridine rings is 1. The molecule has 11 heteroatoms. The molecule has 2 aliphatic rings. The number of aryl methyl sites for hydroxylation is 1. The molecule has 1 aromatic carbocycles. The van der Waals surface area contributed by atoms with Gasteiger partial charge in [0.25, 0.3) is 5.91 Å². The number of hydrogen-bond acceptors (Lipinski definition) is 6. The number of piperazine rings is 1. The zero-order valence-corrected chi connectivity index (χ0v) is 18.2. The number of hydrogen-bond donors (Lipinski definition) is 2. The van der Waals surface area contributed by atoms with Crippen molar-refractivity contribution in [3.8, 4) is 11.5 Å². The van der Waals surface area contributed by atoms with Gasteiger partial charge in [0.1, 0.15) is 0 Å². The molecule has 0 radical (unpaired) electrons. The molecule has 174 valence electrons. The second-order valence-electron chi connectivity index (χ2n) is 8.48. The van der Waals surface area contributed by atoms with Gasteiger partial charge >= 0.3 is 6.29 Å². The summed E-state index contributed by atoms with van der Waals surface area (Å²) >= 11 is 0. The van der Waals surface area contributed by atoms with Crippen LogP contribution in [0.4, 0.5) is 24.5 Å². The van der Waals surface area contributed by atoms with Crippen molar-refractivity contribution in [2.45, 2.75) is 39.1 Å². The summed E-state index contributed by atoms with van der Waals surface area (Å²) in [6.45, 7) is 6.84. The molecule has 2 aromatic heterocycles. The molecule has 0 unspecified atom stereocenters. The molecule has 8 nitrogen and oxygen atoms in total. The predicted molar refractivity (Wildman–Crippen MR) is 115 cm³/mol. The molecule has 2 aliphatic heterocycles. The summed E-state index contributed by atoms with van der Waals surface area (Å²) in [6.07, 6.45) is -0.813. The highest BCUT2D eigenvalue weighted by molar-refractivity contribution is 6.07. The number of imidazole rings is 1. The van der Waals surface area contributed by atoms with Crippen molar-refractivity contribution >= 4 is 22.9 Å². The van der Waals surface area contributed by atoms with E-state index in [2.05, 4.69) is 15.6 Å². The molecular formula is C22H22F3N5O3. The summed E-state index contributed by atoms with van der Waals surface area (Å²) in [7, 11) is 0. The van der Waals surface area contributed by atoms with Crippen LogP contribution in [0.3, 0.4) is 0 Å². The molecule has 1 fully saturated rings. The average molecular weight is 461 g/mol. The number of nitrogens with one attached hydrogen (secondary N) is 2.